The number of likely N-dealkylation sites (tertiary alicyclic amines) is 1. The highest BCUT2D eigenvalue weighted by Crippen LogP contribution is 2.49. The molecule has 2 aliphatic rings. The fourth-order valence-electron chi connectivity index (χ4n) is 4.93. The van der Waals surface area contributed by atoms with Crippen molar-refractivity contribution in [1.29, 1.82) is 0 Å². The predicted octanol–water partition coefficient (Wildman–Crippen LogP) is 2.17. The summed E-state index contributed by atoms with van der Waals surface area (Å²) in [5, 5.41) is 13.2. The van der Waals surface area contributed by atoms with E-state index < -0.39 is 0 Å². The molecule has 8 heteroatoms. The molecule has 4 rings (SSSR count). The van der Waals surface area contributed by atoms with E-state index in [1.807, 2.05) is 35.8 Å². The SMILES string of the molecule is Cc1cc(C)n(CC(=O)N2CC(c3nncn3CC(C)C)C3(CCOCC3)C2)n1. The van der Waals surface area contributed by atoms with Crippen LogP contribution in [0, 0.1) is 25.2 Å². The molecule has 1 amide bonds. The maximum absolute atomic E-state index is 13.2. The molecule has 2 aromatic heterocycles. The van der Waals surface area contributed by atoms with Gasteiger partial charge in [0.1, 0.15) is 18.7 Å². The molecule has 1 spiro atoms. The zero-order chi connectivity index (χ0) is 20.6. The van der Waals surface area contributed by atoms with E-state index in [0.717, 1.165) is 56.4 Å². The number of nitrogens with zero attached hydrogens (tertiary/aromatic N) is 6. The Morgan fingerprint density at radius 3 is 2.72 bits per heavy atom. The normalized spacial score (nSPS) is 21.4. The lowest BCUT2D eigenvalue weighted by atomic mass is 9.71. The number of rotatable bonds is 5. The molecule has 2 saturated heterocycles. The van der Waals surface area contributed by atoms with Gasteiger partial charge in [0.05, 0.1) is 5.69 Å². The second-order valence-electron chi connectivity index (χ2n) is 9.12. The summed E-state index contributed by atoms with van der Waals surface area (Å²) in [5.41, 5.74) is 1.98. The highest BCUT2D eigenvalue weighted by atomic mass is 16.5. The fraction of sp³-hybridized carbons (Fsp3) is 0.714. The van der Waals surface area contributed by atoms with Crippen LogP contribution in [0.4, 0.5) is 0 Å². The highest BCUT2D eigenvalue weighted by molar-refractivity contribution is 5.76. The van der Waals surface area contributed by atoms with Crippen molar-refractivity contribution < 1.29 is 9.53 Å². The number of ether oxygens (including phenoxy) is 1. The number of carbonyl (C=O) groups excluding carboxylic acids is 1. The van der Waals surface area contributed by atoms with Gasteiger partial charge in [-0.3, -0.25) is 9.48 Å². The van der Waals surface area contributed by atoms with Crippen molar-refractivity contribution in [2.75, 3.05) is 26.3 Å². The van der Waals surface area contributed by atoms with Crippen LogP contribution in [-0.2, 0) is 22.6 Å². The molecule has 0 saturated carbocycles. The summed E-state index contributed by atoms with van der Waals surface area (Å²) in [5.74, 6) is 1.85. The number of amides is 1. The number of hydrogen-bond donors (Lipinski definition) is 0. The number of hydrogen-bond acceptors (Lipinski definition) is 5. The first-order chi connectivity index (χ1) is 13.9. The zero-order valence-electron chi connectivity index (χ0n) is 18.0. The maximum Gasteiger partial charge on any atom is 0.244 e. The summed E-state index contributed by atoms with van der Waals surface area (Å²) < 4.78 is 9.66. The van der Waals surface area contributed by atoms with Gasteiger partial charge in [0.15, 0.2) is 0 Å². The van der Waals surface area contributed by atoms with Crippen molar-refractivity contribution in [3.63, 3.8) is 0 Å². The summed E-state index contributed by atoms with van der Waals surface area (Å²) in [6, 6.07) is 2.01. The summed E-state index contributed by atoms with van der Waals surface area (Å²) in [6.07, 6.45) is 3.74. The smallest absolute Gasteiger partial charge is 0.244 e. The minimum atomic E-state index is 0.0186. The summed E-state index contributed by atoms with van der Waals surface area (Å²) in [4.78, 5) is 15.2. The van der Waals surface area contributed by atoms with Crippen molar-refractivity contribution in [3.8, 4) is 0 Å². The van der Waals surface area contributed by atoms with Crippen molar-refractivity contribution in [2.45, 2.75) is 59.5 Å². The summed E-state index contributed by atoms with van der Waals surface area (Å²) >= 11 is 0. The van der Waals surface area contributed by atoms with Gasteiger partial charge in [0.2, 0.25) is 5.91 Å². The number of aromatic nitrogens is 5. The van der Waals surface area contributed by atoms with Crippen LogP contribution in [0.3, 0.4) is 0 Å². The minimum Gasteiger partial charge on any atom is -0.381 e. The first-order valence-electron chi connectivity index (χ1n) is 10.6. The molecular weight excluding hydrogens is 368 g/mol. The monoisotopic (exact) mass is 400 g/mol. The molecule has 158 valence electrons. The van der Waals surface area contributed by atoms with E-state index in [0.29, 0.717) is 12.5 Å². The van der Waals surface area contributed by atoms with Crippen LogP contribution in [0.5, 0.6) is 0 Å². The van der Waals surface area contributed by atoms with Gasteiger partial charge >= 0.3 is 0 Å². The van der Waals surface area contributed by atoms with Crippen LogP contribution in [-0.4, -0.2) is 61.7 Å². The molecule has 4 heterocycles. The molecule has 0 aliphatic carbocycles. The lowest BCUT2D eigenvalue weighted by molar-refractivity contribution is -0.131. The van der Waals surface area contributed by atoms with Crippen LogP contribution in [0.2, 0.25) is 0 Å². The largest absolute Gasteiger partial charge is 0.381 e. The second kappa shape index (κ2) is 7.89. The Morgan fingerprint density at radius 2 is 2.07 bits per heavy atom. The Balaban J connectivity index is 1.58. The third kappa shape index (κ3) is 3.95. The number of aryl methyl sites for hydroxylation is 2. The predicted molar refractivity (Wildman–Crippen MR) is 108 cm³/mol. The second-order valence-corrected chi connectivity index (χ2v) is 9.12. The molecule has 1 unspecified atom stereocenters. The van der Waals surface area contributed by atoms with E-state index >= 15 is 0 Å². The van der Waals surface area contributed by atoms with Gasteiger partial charge in [-0.05, 0) is 38.7 Å². The lowest BCUT2D eigenvalue weighted by Crippen LogP contribution is -2.38. The van der Waals surface area contributed by atoms with E-state index in [9.17, 15) is 4.79 Å². The van der Waals surface area contributed by atoms with Gasteiger partial charge in [0.25, 0.3) is 0 Å². The van der Waals surface area contributed by atoms with Gasteiger partial charge in [-0.15, -0.1) is 10.2 Å². The fourth-order valence-corrected chi connectivity index (χ4v) is 4.93. The van der Waals surface area contributed by atoms with Crippen LogP contribution >= 0.6 is 0 Å². The third-order valence-corrected chi connectivity index (χ3v) is 6.40. The first kappa shape index (κ1) is 20.1. The zero-order valence-corrected chi connectivity index (χ0v) is 18.0. The Labute approximate surface area is 172 Å². The van der Waals surface area contributed by atoms with Crippen LogP contribution in [0.1, 0.15) is 49.8 Å². The van der Waals surface area contributed by atoms with Crippen molar-refractivity contribution >= 4 is 5.91 Å². The molecule has 0 radical (unpaired) electrons. The van der Waals surface area contributed by atoms with E-state index in [1.54, 1.807) is 0 Å². The lowest BCUT2D eigenvalue weighted by Gasteiger charge is -2.37. The van der Waals surface area contributed by atoms with E-state index in [-0.39, 0.29) is 23.8 Å². The minimum absolute atomic E-state index is 0.0186. The van der Waals surface area contributed by atoms with Crippen molar-refractivity contribution in [3.05, 3.63) is 29.6 Å². The van der Waals surface area contributed by atoms with Crippen molar-refractivity contribution in [2.24, 2.45) is 11.3 Å². The summed E-state index contributed by atoms with van der Waals surface area (Å²) in [7, 11) is 0. The van der Waals surface area contributed by atoms with Gasteiger partial charge in [0, 0.05) is 49.9 Å². The van der Waals surface area contributed by atoms with E-state index in [2.05, 4.69) is 33.7 Å². The summed E-state index contributed by atoms with van der Waals surface area (Å²) in [6.45, 7) is 12.5. The molecule has 1 atom stereocenters. The Kier molecular flexibility index (Phi) is 5.46. The molecule has 29 heavy (non-hydrogen) atoms. The number of carbonyl (C=O) groups is 1. The van der Waals surface area contributed by atoms with Gasteiger partial charge in [-0.2, -0.15) is 5.10 Å². The maximum atomic E-state index is 13.2. The standard InChI is InChI=1S/C21H32N6O2/c1-15(2)10-26-14-22-23-20(26)18-11-25(13-21(18)5-7-29-8-6-21)19(28)12-27-17(4)9-16(3)24-27/h9,14-15,18H,5-8,10-13H2,1-4H3. The molecule has 2 fully saturated rings. The molecule has 2 aromatic rings. The molecule has 2 aliphatic heterocycles. The molecule has 0 aromatic carbocycles. The first-order valence-corrected chi connectivity index (χ1v) is 10.6. The Morgan fingerprint density at radius 1 is 1.31 bits per heavy atom. The molecule has 0 N–H and O–H groups in total. The average molecular weight is 401 g/mol. The van der Waals surface area contributed by atoms with Gasteiger partial charge in [-0.1, -0.05) is 13.8 Å². The third-order valence-electron chi connectivity index (χ3n) is 6.40. The van der Waals surface area contributed by atoms with Crippen LogP contribution in [0.25, 0.3) is 0 Å². The Hall–Kier alpha value is -2.22. The van der Waals surface area contributed by atoms with E-state index in [1.165, 1.54) is 0 Å². The molecule has 0 bridgehead atoms. The van der Waals surface area contributed by atoms with Crippen molar-refractivity contribution in [1.82, 2.24) is 29.4 Å². The quantitative estimate of drug-likeness (QED) is 0.769. The van der Waals surface area contributed by atoms with E-state index in [4.69, 9.17) is 4.74 Å². The van der Waals surface area contributed by atoms with Crippen LogP contribution < -0.4 is 0 Å². The topological polar surface area (TPSA) is 78.1 Å². The van der Waals surface area contributed by atoms with Gasteiger partial charge < -0.3 is 14.2 Å². The van der Waals surface area contributed by atoms with Crippen LogP contribution in [0.15, 0.2) is 12.4 Å². The van der Waals surface area contributed by atoms with Gasteiger partial charge in [-0.25, -0.2) is 0 Å². The Bertz CT molecular complexity index is 864. The average Bonchev–Trinajstić information content (AvgIpc) is 3.33. The molecular formula is C21H32N6O2. The highest BCUT2D eigenvalue weighted by Gasteiger charge is 2.51. The molecule has 8 nitrogen and oxygen atoms in total.